The van der Waals surface area contributed by atoms with Gasteiger partial charge in [-0.25, -0.2) is 4.98 Å². The Morgan fingerprint density at radius 1 is 1.20 bits per heavy atom. The summed E-state index contributed by atoms with van der Waals surface area (Å²) in [6.45, 7) is 8.46. The fourth-order valence-corrected chi connectivity index (χ4v) is 2.45. The second kappa shape index (κ2) is 8.89. The number of aromatic nitrogens is 1. The first-order valence-electron chi connectivity index (χ1n) is 7.48. The van der Waals surface area contributed by atoms with Gasteiger partial charge in [0.1, 0.15) is 5.82 Å². The normalized spacial score (nSPS) is 16.6. The number of anilines is 1. The van der Waals surface area contributed by atoms with Crippen molar-refractivity contribution in [3.63, 3.8) is 0 Å². The standard InChI is InChI=1S/C15H26N4O/c1-20-14-4-6-16-8-9-18-10-12-19(13-11-18)15-5-2-3-7-17-15/h2-3,5,7,16H,4,6,8-14H2,1H3. The summed E-state index contributed by atoms with van der Waals surface area (Å²) in [6, 6.07) is 6.11. The molecule has 1 aromatic rings. The van der Waals surface area contributed by atoms with Crippen molar-refractivity contribution in [1.29, 1.82) is 0 Å². The van der Waals surface area contributed by atoms with E-state index in [1.54, 1.807) is 7.11 Å². The van der Waals surface area contributed by atoms with Crippen molar-refractivity contribution in [2.45, 2.75) is 6.42 Å². The molecule has 0 unspecified atom stereocenters. The van der Waals surface area contributed by atoms with Gasteiger partial charge >= 0.3 is 0 Å². The molecule has 1 fully saturated rings. The molecule has 0 radical (unpaired) electrons. The van der Waals surface area contributed by atoms with Crippen LogP contribution in [0.2, 0.25) is 0 Å². The monoisotopic (exact) mass is 278 g/mol. The Labute approximate surface area is 121 Å². The largest absolute Gasteiger partial charge is 0.385 e. The molecule has 0 saturated carbocycles. The van der Waals surface area contributed by atoms with Crippen LogP contribution < -0.4 is 10.2 Å². The number of hydrogen-bond acceptors (Lipinski definition) is 5. The van der Waals surface area contributed by atoms with Crippen LogP contribution in [0.3, 0.4) is 0 Å². The predicted molar refractivity (Wildman–Crippen MR) is 82.3 cm³/mol. The van der Waals surface area contributed by atoms with E-state index in [0.29, 0.717) is 0 Å². The van der Waals surface area contributed by atoms with E-state index in [1.165, 1.54) is 0 Å². The van der Waals surface area contributed by atoms with Crippen molar-refractivity contribution in [3.05, 3.63) is 24.4 Å². The summed E-state index contributed by atoms with van der Waals surface area (Å²) in [5.41, 5.74) is 0. The third-order valence-electron chi connectivity index (χ3n) is 3.65. The van der Waals surface area contributed by atoms with E-state index < -0.39 is 0 Å². The third-order valence-corrected chi connectivity index (χ3v) is 3.65. The highest BCUT2D eigenvalue weighted by atomic mass is 16.5. The first-order chi connectivity index (χ1) is 9.90. The molecule has 1 aliphatic rings. The number of methoxy groups -OCH3 is 1. The number of nitrogens with one attached hydrogen (secondary N) is 1. The van der Waals surface area contributed by atoms with E-state index in [1.807, 2.05) is 12.3 Å². The van der Waals surface area contributed by atoms with Crippen molar-refractivity contribution in [2.75, 3.05) is 64.4 Å². The molecule has 1 saturated heterocycles. The van der Waals surface area contributed by atoms with Gasteiger partial charge in [-0.3, -0.25) is 4.90 Å². The number of pyridine rings is 1. The van der Waals surface area contributed by atoms with Crippen LogP contribution >= 0.6 is 0 Å². The zero-order valence-corrected chi connectivity index (χ0v) is 12.4. The lowest BCUT2D eigenvalue weighted by molar-refractivity contribution is 0.193. The van der Waals surface area contributed by atoms with Crippen molar-refractivity contribution in [1.82, 2.24) is 15.2 Å². The lowest BCUT2D eigenvalue weighted by Crippen LogP contribution is -2.48. The molecule has 2 heterocycles. The molecule has 20 heavy (non-hydrogen) atoms. The summed E-state index contributed by atoms with van der Waals surface area (Å²) in [6.07, 6.45) is 2.95. The highest BCUT2D eigenvalue weighted by molar-refractivity contribution is 5.38. The zero-order valence-electron chi connectivity index (χ0n) is 12.4. The molecular formula is C15H26N4O. The number of ether oxygens (including phenoxy) is 1. The van der Waals surface area contributed by atoms with Gasteiger partial charge in [-0.2, -0.15) is 0 Å². The summed E-state index contributed by atoms with van der Waals surface area (Å²) < 4.78 is 5.03. The van der Waals surface area contributed by atoms with Crippen LogP contribution in [0.4, 0.5) is 5.82 Å². The number of piperazine rings is 1. The first-order valence-corrected chi connectivity index (χ1v) is 7.48. The maximum Gasteiger partial charge on any atom is 0.128 e. The van der Waals surface area contributed by atoms with Crippen molar-refractivity contribution >= 4 is 5.82 Å². The highest BCUT2D eigenvalue weighted by Gasteiger charge is 2.16. The molecule has 0 atom stereocenters. The topological polar surface area (TPSA) is 40.6 Å². The van der Waals surface area contributed by atoms with Gasteiger partial charge in [0.25, 0.3) is 0 Å². The molecule has 0 spiro atoms. The predicted octanol–water partition coefficient (Wildman–Crippen LogP) is 0.830. The van der Waals surface area contributed by atoms with E-state index in [0.717, 1.165) is 64.7 Å². The Morgan fingerprint density at radius 2 is 2.05 bits per heavy atom. The van der Waals surface area contributed by atoms with Gasteiger partial charge in [0.2, 0.25) is 0 Å². The van der Waals surface area contributed by atoms with Gasteiger partial charge in [-0.05, 0) is 25.1 Å². The minimum Gasteiger partial charge on any atom is -0.385 e. The summed E-state index contributed by atoms with van der Waals surface area (Å²) in [7, 11) is 1.75. The van der Waals surface area contributed by atoms with Gasteiger partial charge in [-0.1, -0.05) is 6.07 Å². The molecule has 112 valence electrons. The molecule has 0 bridgehead atoms. The van der Waals surface area contributed by atoms with E-state index >= 15 is 0 Å². The van der Waals surface area contributed by atoms with Crippen LogP contribution in [0, 0.1) is 0 Å². The SMILES string of the molecule is COCCCNCCN1CCN(c2ccccn2)CC1. The quantitative estimate of drug-likeness (QED) is 0.713. The molecule has 1 aliphatic heterocycles. The summed E-state index contributed by atoms with van der Waals surface area (Å²) in [4.78, 5) is 9.29. The molecule has 0 aliphatic carbocycles. The molecular weight excluding hydrogens is 252 g/mol. The lowest BCUT2D eigenvalue weighted by Gasteiger charge is -2.35. The van der Waals surface area contributed by atoms with E-state index in [9.17, 15) is 0 Å². The lowest BCUT2D eigenvalue weighted by atomic mass is 10.3. The zero-order chi connectivity index (χ0) is 14.0. The second-order valence-corrected chi connectivity index (χ2v) is 5.11. The van der Waals surface area contributed by atoms with Crippen LogP contribution in [-0.2, 0) is 4.74 Å². The average molecular weight is 278 g/mol. The number of rotatable bonds is 8. The fraction of sp³-hybridized carbons (Fsp3) is 0.667. The van der Waals surface area contributed by atoms with Gasteiger partial charge in [-0.15, -0.1) is 0 Å². The Kier molecular flexibility index (Phi) is 6.77. The molecule has 1 aromatic heterocycles. The summed E-state index contributed by atoms with van der Waals surface area (Å²) >= 11 is 0. The Balaban J connectivity index is 1.58. The maximum absolute atomic E-state index is 5.03. The molecule has 5 heteroatoms. The molecule has 0 amide bonds. The number of nitrogens with zero attached hydrogens (tertiary/aromatic N) is 3. The van der Waals surface area contributed by atoms with Crippen LogP contribution in [-0.4, -0.2) is 69.4 Å². The van der Waals surface area contributed by atoms with Crippen LogP contribution in [0.25, 0.3) is 0 Å². The van der Waals surface area contributed by atoms with Gasteiger partial charge in [0.05, 0.1) is 0 Å². The van der Waals surface area contributed by atoms with Crippen molar-refractivity contribution in [3.8, 4) is 0 Å². The van der Waals surface area contributed by atoms with Crippen molar-refractivity contribution in [2.24, 2.45) is 0 Å². The smallest absolute Gasteiger partial charge is 0.128 e. The number of hydrogen-bond donors (Lipinski definition) is 1. The Morgan fingerprint density at radius 3 is 2.75 bits per heavy atom. The average Bonchev–Trinajstić information content (AvgIpc) is 2.52. The first kappa shape index (κ1) is 15.2. The fourth-order valence-electron chi connectivity index (χ4n) is 2.45. The Bertz CT molecular complexity index is 352. The van der Waals surface area contributed by atoms with Crippen LogP contribution in [0.5, 0.6) is 0 Å². The minimum atomic E-state index is 0.843. The second-order valence-electron chi connectivity index (χ2n) is 5.11. The van der Waals surface area contributed by atoms with Crippen LogP contribution in [0.15, 0.2) is 24.4 Å². The molecule has 1 N–H and O–H groups in total. The molecule has 0 aromatic carbocycles. The molecule has 5 nitrogen and oxygen atoms in total. The summed E-state index contributed by atoms with van der Waals surface area (Å²) in [5.74, 6) is 1.10. The van der Waals surface area contributed by atoms with Crippen molar-refractivity contribution < 1.29 is 4.74 Å². The minimum absolute atomic E-state index is 0.843. The molecule has 2 rings (SSSR count). The van der Waals surface area contributed by atoms with E-state index in [4.69, 9.17) is 4.74 Å². The maximum atomic E-state index is 5.03. The third kappa shape index (κ3) is 5.07. The van der Waals surface area contributed by atoms with E-state index in [-0.39, 0.29) is 0 Å². The Hall–Kier alpha value is -1.17. The van der Waals surface area contributed by atoms with Crippen LogP contribution in [0.1, 0.15) is 6.42 Å². The van der Waals surface area contributed by atoms with Gasteiger partial charge < -0.3 is 15.0 Å². The summed E-state index contributed by atoms with van der Waals surface area (Å²) in [5, 5.41) is 3.46. The van der Waals surface area contributed by atoms with E-state index in [2.05, 4.69) is 32.2 Å². The highest BCUT2D eigenvalue weighted by Crippen LogP contribution is 2.11. The van der Waals surface area contributed by atoms with Gasteiger partial charge in [0, 0.05) is 59.2 Å². The van der Waals surface area contributed by atoms with Gasteiger partial charge in [0.15, 0.2) is 0 Å².